The Morgan fingerprint density at radius 1 is 0.906 bits per heavy atom. The number of hydrogen-bond acceptors (Lipinski definition) is 4. The summed E-state index contributed by atoms with van der Waals surface area (Å²) in [5.74, 6) is -0.409. The zero-order valence-electron chi connectivity index (χ0n) is 19.4. The second kappa shape index (κ2) is 9.42. The third-order valence-electron chi connectivity index (χ3n) is 6.23. The molecule has 2 aromatic rings. The maximum atomic E-state index is 13.4. The molecule has 7 nitrogen and oxygen atoms in total. The van der Waals surface area contributed by atoms with Gasteiger partial charge in [-0.05, 0) is 62.1 Å². The van der Waals surface area contributed by atoms with Gasteiger partial charge in [-0.2, -0.15) is 4.31 Å². The van der Waals surface area contributed by atoms with Crippen molar-refractivity contribution in [2.75, 3.05) is 39.8 Å². The van der Waals surface area contributed by atoms with Crippen molar-refractivity contribution in [1.29, 1.82) is 0 Å². The van der Waals surface area contributed by atoms with E-state index in [-0.39, 0.29) is 31.4 Å². The predicted molar refractivity (Wildman–Crippen MR) is 124 cm³/mol. The summed E-state index contributed by atoms with van der Waals surface area (Å²) in [7, 11) is -2.06. The van der Waals surface area contributed by atoms with Crippen LogP contribution in [0.2, 0.25) is 0 Å². The van der Waals surface area contributed by atoms with E-state index in [2.05, 4.69) is 0 Å². The number of sulfonamides is 1. The molecule has 2 aromatic carbocycles. The van der Waals surface area contributed by atoms with Crippen LogP contribution in [-0.4, -0.2) is 74.1 Å². The number of aryl methyl sites for hydroxylation is 2. The molecule has 1 aliphatic heterocycles. The van der Waals surface area contributed by atoms with E-state index in [0.29, 0.717) is 23.5 Å². The molecule has 0 unspecified atom stereocenters. The van der Waals surface area contributed by atoms with Gasteiger partial charge in [0, 0.05) is 38.8 Å². The lowest BCUT2D eigenvalue weighted by Gasteiger charge is -2.35. The van der Waals surface area contributed by atoms with Crippen LogP contribution in [0, 0.1) is 27.7 Å². The lowest BCUT2D eigenvalue weighted by Crippen LogP contribution is -2.52. The number of likely N-dealkylation sites (N-methyl/N-ethyl adjacent to an activating group) is 1. The third kappa shape index (κ3) is 4.71. The van der Waals surface area contributed by atoms with Crippen LogP contribution in [0.25, 0.3) is 0 Å². The molecule has 0 spiro atoms. The van der Waals surface area contributed by atoms with E-state index in [9.17, 15) is 18.0 Å². The molecule has 0 atom stereocenters. The van der Waals surface area contributed by atoms with E-state index in [1.54, 1.807) is 36.2 Å². The summed E-state index contributed by atoms with van der Waals surface area (Å²) in [6.07, 6.45) is 0. The minimum atomic E-state index is -3.66. The Hall–Kier alpha value is -2.71. The summed E-state index contributed by atoms with van der Waals surface area (Å²) in [5, 5.41) is 0. The molecule has 1 fully saturated rings. The Bertz CT molecular complexity index is 1100. The van der Waals surface area contributed by atoms with Crippen LogP contribution < -0.4 is 0 Å². The molecule has 0 saturated carbocycles. The molecule has 1 aliphatic rings. The maximum Gasteiger partial charge on any atom is 0.254 e. The highest BCUT2D eigenvalue weighted by atomic mass is 32.2. The molecule has 0 radical (unpaired) electrons. The molecule has 0 N–H and O–H groups in total. The molecular formula is C24H31N3O4S. The van der Waals surface area contributed by atoms with Crippen molar-refractivity contribution in [1.82, 2.24) is 14.1 Å². The standard InChI is InChI=1S/C24H31N3O4S/c1-17-15-18(2)20(4)23(19(17)3)32(30,31)27-13-11-26(12-14-27)22(28)16-25(5)24(29)21-9-7-6-8-10-21/h6-10,15H,11-14,16H2,1-5H3. The zero-order valence-corrected chi connectivity index (χ0v) is 20.2. The van der Waals surface area contributed by atoms with Gasteiger partial charge in [0.2, 0.25) is 15.9 Å². The van der Waals surface area contributed by atoms with Gasteiger partial charge < -0.3 is 9.80 Å². The van der Waals surface area contributed by atoms with E-state index >= 15 is 0 Å². The highest BCUT2D eigenvalue weighted by Gasteiger charge is 2.33. The fourth-order valence-electron chi connectivity index (χ4n) is 4.05. The molecule has 2 amide bonds. The van der Waals surface area contributed by atoms with Gasteiger partial charge in [-0.15, -0.1) is 0 Å². The summed E-state index contributed by atoms with van der Waals surface area (Å²) in [4.78, 5) is 28.6. The van der Waals surface area contributed by atoms with Crippen molar-refractivity contribution >= 4 is 21.8 Å². The Kier molecular flexibility index (Phi) is 7.05. The van der Waals surface area contributed by atoms with Gasteiger partial charge in [0.05, 0.1) is 11.4 Å². The van der Waals surface area contributed by atoms with Gasteiger partial charge in [0.1, 0.15) is 0 Å². The molecule has 32 heavy (non-hydrogen) atoms. The molecule has 172 valence electrons. The normalized spacial score (nSPS) is 15.0. The number of nitrogens with zero attached hydrogens (tertiary/aromatic N) is 3. The largest absolute Gasteiger partial charge is 0.339 e. The molecule has 1 heterocycles. The first kappa shape index (κ1) is 23.9. The molecule has 8 heteroatoms. The summed E-state index contributed by atoms with van der Waals surface area (Å²) in [6.45, 7) is 8.54. The van der Waals surface area contributed by atoms with E-state index in [1.165, 1.54) is 9.21 Å². The van der Waals surface area contributed by atoms with E-state index in [0.717, 1.165) is 22.3 Å². The quantitative estimate of drug-likeness (QED) is 0.691. The molecule has 3 rings (SSSR count). The van der Waals surface area contributed by atoms with Crippen LogP contribution in [0.5, 0.6) is 0 Å². The average Bonchev–Trinajstić information content (AvgIpc) is 2.77. The van der Waals surface area contributed by atoms with Gasteiger partial charge in [-0.1, -0.05) is 24.3 Å². The molecule has 0 aromatic heterocycles. The number of benzene rings is 2. The predicted octanol–water partition coefficient (Wildman–Crippen LogP) is 2.53. The average molecular weight is 458 g/mol. The van der Waals surface area contributed by atoms with Crippen molar-refractivity contribution in [3.8, 4) is 0 Å². The Labute approximate surface area is 190 Å². The van der Waals surface area contributed by atoms with Crippen molar-refractivity contribution in [2.45, 2.75) is 32.6 Å². The number of carbonyl (C=O) groups excluding carboxylic acids is 2. The summed E-state index contributed by atoms with van der Waals surface area (Å²) < 4.78 is 28.3. The fourth-order valence-corrected chi connectivity index (χ4v) is 6.05. The Morgan fingerprint density at radius 2 is 1.44 bits per heavy atom. The van der Waals surface area contributed by atoms with Gasteiger partial charge in [-0.3, -0.25) is 9.59 Å². The summed E-state index contributed by atoms with van der Waals surface area (Å²) in [5.41, 5.74) is 3.97. The van der Waals surface area contributed by atoms with Crippen LogP contribution in [0.4, 0.5) is 0 Å². The molecule has 0 aliphatic carbocycles. The molecule has 1 saturated heterocycles. The van der Waals surface area contributed by atoms with E-state index < -0.39 is 10.0 Å². The molecular weight excluding hydrogens is 426 g/mol. The Morgan fingerprint density at radius 3 is 1.97 bits per heavy atom. The summed E-state index contributed by atoms with van der Waals surface area (Å²) >= 11 is 0. The summed E-state index contributed by atoms with van der Waals surface area (Å²) in [6, 6.07) is 10.8. The number of hydrogen-bond donors (Lipinski definition) is 0. The van der Waals surface area contributed by atoms with Gasteiger partial charge >= 0.3 is 0 Å². The second-order valence-corrected chi connectivity index (χ2v) is 10.3. The highest BCUT2D eigenvalue weighted by Crippen LogP contribution is 2.29. The van der Waals surface area contributed by atoms with E-state index in [4.69, 9.17) is 0 Å². The van der Waals surface area contributed by atoms with E-state index in [1.807, 2.05) is 39.8 Å². The van der Waals surface area contributed by atoms with Gasteiger partial charge in [0.25, 0.3) is 5.91 Å². The highest BCUT2D eigenvalue weighted by molar-refractivity contribution is 7.89. The van der Waals surface area contributed by atoms with Gasteiger partial charge in [0.15, 0.2) is 0 Å². The first-order chi connectivity index (χ1) is 15.0. The minimum absolute atomic E-state index is 0.0459. The van der Waals surface area contributed by atoms with Crippen molar-refractivity contribution < 1.29 is 18.0 Å². The number of rotatable bonds is 5. The topological polar surface area (TPSA) is 78.0 Å². The SMILES string of the molecule is Cc1cc(C)c(C)c(S(=O)(=O)N2CCN(C(=O)CN(C)C(=O)c3ccccc3)CC2)c1C. The van der Waals surface area contributed by atoms with Crippen LogP contribution in [0.1, 0.15) is 32.6 Å². The van der Waals surface area contributed by atoms with Crippen molar-refractivity contribution in [3.63, 3.8) is 0 Å². The van der Waals surface area contributed by atoms with Crippen molar-refractivity contribution in [2.24, 2.45) is 0 Å². The number of carbonyl (C=O) groups is 2. The lowest BCUT2D eigenvalue weighted by molar-refractivity contribution is -0.132. The third-order valence-corrected chi connectivity index (χ3v) is 8.40. The van der Waals surface area contributed by atoms with Gasteiger partial charge in [-0.25, -0.2) is 8.42 Å². The van der Waals surface area contributed by atoms with Crippen LogP contribution in [0.15, 0.2) is 41.3 Å². The van der Waals surface area contributed by atoms with Crippen LogP contribution in [0.3, 0.4) is 0 Å². The zero-order chi connectivity index (χ0) is 23.6. The number of piperazine rings is 1. The fraction of sp³-hybridized carbons (Fsp3) is 0.417. The second-order valence-electron chi connectivity index (χ2n) is 8.40. The van der Waals surface area contributed by atoms with Crippen LogP contribution in [-0.2, 0) is 14.8 Å². The maximum absolute atomic E-state index is 13.4. The lowest BCUT2D eigenvalue weighted by atomic mass is 10.0. The Balaban J connectivity index is 1.66. The first-order valence-electron chi connectivity index (χ1n) is 10.7. The van der Waals surface area contributed by atoms with Crippen molar-refractivity contribution in [3.05, 3.63) is 64.2 Å². The smallest absolute Gasteiger partial charge is 0.254 e. The first-order valence-corrected chi connectivity index (χ1v) is 12.1. The minimum Gasteiger partial charge on any atom is -0.339 e. The number of amides is 2. The van der Waals surface area contributed by atoms with Crippen LogP contribution >= 0.6 is 0 Å². The molecule has 0 bridgehead atoms. The monoisotopic (exact) mass is 457 g/mol.